The van der Waals surface area contributed by atoms with Gasteiger partial charge in [-0.05, 0) is 18.9 Å². The number of nitrogens with one attached hydrogen (secondary N) is 2. The first-order valence-electron chi connectivity index (χ1n) is 8.79. The zero-order valence-electron chi connectivity index (χ0n) is 15.6. The number of carbonyl (C=O) groups is 1. The van der Waals surface area contributed by atoms with Gasteiger partial charge in [-0.15, -0.1) is 11.3 Å². The molecule has 3 atom stereocenters. The van der Waals surface area contributed by atoms with Gasteiger partial charge in [0.1, 0.15) is 11.8 Å². The Labute approximate surface area is 173 Å². The van der Waals surface area contributed by atoms with Gasteiger partial charge in [0.05, 0.1) is 30.4 Å². The molecule has 1 aromatic heterocycles. The van der Waals surface area contributed by atoms with Gasteiger partial charge in [0.15, 0.2) is 5.13 Å². The van der Waals surface area contributed by atoms with Crippen LogP contribution in [0.25, 0.3) is 0 Å². The highest BCUT2D eigenvalue weighted by Crippen LogP contribution is 2.18. The fraction of sp³-hybridized carbons (Fsp3) is 0.389. The van der Waals surface area contributed by atoms with Crippen LogP contribution in [-0.2, 0) is 16.4 Å². The summed E-state index contributed by atoms with van der Waals surface area (Å²) in [6, 6.07) is 9.95. The summed E-state index contributed by atoms with van der Waals surface area (Å²) in [5, 5.41) is 33.3. The second kappa shape index (κ2) is 10.3. The number of hydrogen-bond donors (Lipinski definition) is 4. The van der Waals surface area contributed by atoms with Crippen LogP contribution < -0.4 is 10.0 Å². The molecule has 0 fully saturated rings. The standard InChI is InChI=1S/C18H22N4O5S2/c1-2-29(26,27)22-18-21-14(11-28-18)17(25)20-13(16(24)15(23)8-9-19)10-12-6-4-3-5-7-12/h3-7,11,13,15-16,23-24H,2,8,10H2,1H3,(H,20,25)(H,21,22). The lowest BCUT2D eigenvalue weighted by Gasteiger charge is -2.26. The Kier molecular flexibility index (Phi) is 8.10. The lowest BCUT2D eigenvalue weighted by molar-refractivity contribution is -0.000377. The molecular formula is C18H22N4O5S2. The topological polar surface area (TPSA) is 152 Å². The highest BCUT2D eigenvalue weighted by atomic mass is 32.2. The fourth-order valence-electron chi connectivity index (χ4n) is 2.48. The molecule has 156 valence electrons. The molecule has 2 rings (SSSR count). The Bertz CT molecular complexity index is 956. The molecule has 1 amide bonds. The molecule has 0 radical (unpaired) electrons. The van der Waals surface area contributed by atoms with Crippen LogP contribution in [0.5, 0.6) is 0 Å². The van der Waals surface area contributed by atoms with Crippen molar-refractivity contribution in [1.82, 2.24) is 10.3 Å². The number of benzene rings is 1. The number of nitrogens with zero attached hydrogens (tertiary/aromatic N) is 2. The minimum absolute atomic E-state index is 0.0242. The van der Waals surface area contributed by atoms with Crippen molar-refractivity contribution in [2.45, 2.75) is 38.0 Å². The van der Waals surface area contributed by atoms with E-state index in [9.17, 15) is 23.4 Å². The monoisotopic (exact) mass is 438 g/mol. The van der Waals surface area contributed by atoms with Crippen LogP contribution in [0.4, 0.5) is 5.13 Å². The van der Waals surface area contributed by atoms with Crippen molar-refractivity contribution in [2.75, 3.05) is 10.5 Å². The summed E-state index contributed by atoms with van der Waals surface area (Å²) in [6.45, 7) is 1.48. The molecule has 1 aromatic carbocycles. The van der Waals surface area contributed by atoms with E-state index in [0.717, 1.165) is 16.9 Å². The summed E-state index contributed by atoms with van der Waals surface area (Å²) in [4.78, 5) is 16.5. The van der Waals surface area contributed by atoms with Crippen molar-refractivity contribution < 1.29 is 23.4 Å². The molecule has 9 nitrogen and oxygen atoms in total. The zero-order chi connectivity index (χ0) is 21.4. The largest absolute Gasteiger partial charge is 0.389 e. The van der Waals surface area contributed by atoms with Gasteiger partial charge in [0, 0.05) is 5.38 Å². The highest BCUT2D eigenvalue weighted by Gasteiger charge is 2.29. The first kappa shape index (κ1) is 22.8. The number of aliphatic hydroxyl groups excluding tert-OH is 2. The smallest absolute Gasteiger partial charge is 0.271 e. The lowest BCUT2D eigenvalue weighted by Crippen LogP contribution is -2.49. The van der Waals surface area contributed by atoms with E-state index in [-0.39, 0.29) is 29.4 Å². The average Bonchev–Trinajstić information content (AvgIpc) is 3.15. The maximum absolute atomic E-state index is 12.6. The third-order valence-electron chi connectivity index (χ3n) is 4.08. The number of aromatic nitrogens is 1. The molecule has 0 aliphatic heterocycles. The van der Waals surface area contributed by atoms with Crippen LogP contribution in [-0.4, -0.2) is 53.5 Å². The molecule has 11 heteroatoms. The van der Waals surface area contributed by atoms with Crippen molar-refractivity contribution in [3.05, 3.63) is 47.0 Å². The number of carbonyl (C=O) groups excluding carboxylic acids is 1. The minimum Gasteiger partial charge on any atom is -0.389 e. The van der Waals surface area contributed by atoms with Crippen molar-refractivity contribution in [3.63, 3.8) is 0 Å². The first-order chi connectivity index (χ1) is 13.8. The molecule has 29 heavy (non-hydrogen) atoms. The molecular weight excluding hydrogens is 416 g/mol. The maximum atomic E-state index is 12.6. The molecule has 0 spiro atoms. The van der Waals surface area contributed by atoms with Gasteiger partial charge in [-0.2, -0.15) is 5.26 Å². The van der Waals surface area contributed by atoms with E-state index in [1.165, 1.54) is 12.3 Å². The SMILES string of the molecule is CCS(=O)(=O)Nc1nc(C(=O)NC(Cc2ccccc2)C(O)C(O)CC#N)cs1. The number of anilines is 1. The van der Waals surface area contributed by atoms with Crippen molar-refractivity contribution in [1.29, 1.82) is 5.26 Å². The number of sulfonamides is 1. The summed E-state index contributed by atoms with van der Waals surface area (Å²) in [5.41, 5.74) is 0.791. The Morgan fingerprint density at radius 3 is 2.62 bits per heavy atom. The third-order valence-corrected chi connectivity index (χ3v) is 6.23. The predicted molar refractivity (Wildman–Crippen MR) is 109 cm³/mol. The minimum atomic E-state index is -3.52. The van der Waals surface area contributed by atoms with E-state index < -0.39 is 34.2 Å². The van der Waals surface area contributed by atoms with Crippen molar-refractivity contribution >= 4 is 32.4 Å². The van der Waals surface area contributed by atoms with Gasteiger partial charge in [0.25, 0.3) is 5.91 Å². The van der Waals surface area contributed by atoms with E-state index >= 15 is 0 Å². The highest BCUT2D eigenvalue weighted by molar-refractivity contribution is 7.92. The van der Waals surface area contributed by atoms with Gasteiger partial charge in [-0.1, -0.05) is 30.3 Å². The van der Waals surface area contributed by atoms with Crippen LogP contribution in [0.1, 0.15) is 29.4 Å². The maximum Gasteiger partial charge on any atom is 0.271 e. The molecule has 0 saturated heterocycles. The molecule has 4 N–H and O–H groups in total. The summed E-state index contributed by atoms with van der Waals surface area (Å²) in [7, 11) is -3.52. The second-order valence-electron chi connectivity index (χ2n) is 6.23. The summed E-state index contributed by atoms with van der Waals surface area (Å²) < 4.78 is 25.5. The van der Waals surface area contributed by atoms with Crippen LogP contribution in [0, 0.1) is 11.3 Å². The Morgan fingerprint density at radius 2 is 2.00 bits per heavy atom. The Hall–Kier alpha value is -2.52. The molecule has 0 saturated carbocycles. The fourth-order valence-corrected chi connectivity index (χ4v) is 4.04. The summed E-state index contributed by atoms with van der Waals surface area (Å²) in [5.74, 6) is -0.761. The Balaban J connectivity index is 2.16. The van der Waals surface area contributed by atoms with E-state index in [4.69, 9.17) is 5.26 Å². The van der Waals surface area contributed by atoms with Crippen molar-refractivity contribution in [3.8, 4) is 6.07 Å². The average molecular weight is 439 g/mol. The molecule has 0 bridgehead atoms. The zero-order valence-corrected chi connectivity index (χ0v) is 17.3. The molecule has 0 aliphatic rings. The van der Waals surface area contributed by atoms with Gasteiger partial charge in [-0.25, -0.2) is 13.4 Å². The van der Waals surface area contributed by atoms with E-state index in [0.29, 0.717) is 0 Å². The summed E-state index contributed by atoms with van der Waals surface area (Å²) >= 11 is 0.957. The van der Waals surface area contributed by atoms with Crippen LogP contribution in [0.15, 0.2) is 35.7 Å². The Morgan fingerprint density at radius 1 is 1.31 bits per heavy atom. The molecule has 2 aromatic rings. The number of hydrogen-bond acceptors (Lipinski definition) is 8. The first-order valence-corrected chi connectivity index (χ1v) is 11.3. The number of amides is 1. The van der Waals surface area contributed by atoms with Gasteiger partial charge >= 0.3 is 0 Å². The van der Waals surface area contributed by atoms with Gasteiger partial charge in [-0.3, -0.25) is 9.52 Å². The van der Waals surface area contributed by atoms with Crippen LogP contribution in [0.2, 0.25) is 0 Å². The normalized spacial score (nSPS) is 14.4. The van der Waals surface area contributed by atoms with E-state index in [1.54, 1.807) is 18.2 Å². The molecule has 0 aliphatic carbocycles. The molecule has 1 heterocycles. The van der Waals surface area contributed by atoms with E-state index in [2.05, 4.69) is 15.0 Å². The van der Waals surface area contributed by atoms with Crippen molar-refractivity contribution in [2.24, 2.45) is 0 Å². The summed E-state index contributed by atoms with van der Waals surface area (Å²) in [6.07, 6.45) is -2.79. The third kappa shape index (κ3) is 6.79. The number of aliphatic hydroxyl groups is 2. The number of nitriles is 1. The van der Waals surface area contributed by atoms with Crippen LogP contribution >= 0.6 is 11.3 Å². The van der Waals surface area contributed by atoms with Gasteiger partial charge in [0.2, 0.25) is 10.0 Å². The predicted octanol–water partition coefficient (Wildman–Crippen LogP) is 0.881. The second-order valence-corrected chi connectivity index (χ2v) is 9.10. The quantitative estimate of drug-likeness (QED) is 0.429. The van der Waals surface area contributed by atoms with Gasteiger partial charge < -0.3 is 15.5 Å². The molecule has 3 unspecified atom stereocenters. The number of rotatable bonds is 10. The lowest BCUT2D eigenvalue weighted by atomic mass is 9.96. The van der Waals surface area contributed by atoms with Crippen LogP contribution in [0.3, 0.4) is 0 Å². The number of thiazole rings is 1. The van der Waals surface area contributed by atoms with E-state index in [1.807, 2.05) is 18.2 Å².